The van der Waals surface area contributed by atoms with Crippen LogP contribution in [0.2, 0.25) is 0 Å². The zero-order valence-corrected chi connectivity index (χ0v) is 18.9. The fraction of sp³-hybridized carbons (Fsp3) is 0.435. The summed E-state index contributed by atoms with van der Waals surface area (Å²) in [6.45, 7) is 1.32. The standard InChI is InChI=1S/C23H27F2N3O3S/c1-15-6-8-18(9-7-15)32(29,30)27-19-5-3-4-16(2)20(19)21(26)28-13-10-17(31-22(24)25)14-23(28)11-12-23/h3-9,17,22,26-27H,10-14H2,1-2H3. The van der Waals surface area contributed by atoms with E-state index in [1.807, 2.05) is 24.8 Å². The number of rotatable bonds is 6. The third-order valence-electron chi connectivity index (χ3n) is 6.33. The molecule has 1 unspecified atom stereocenters. The molecule has 9 heteroatoms. The highest BCUT2D eigenvalue weighted by Crippen LogP contribution is 2.50. The minimum absolute atomic E-state index is 0.144. The highest BCUT2D eigenvalue weighted by Gasteiger charge is 2.53. The van der Waals surface area contributed by atoms with Crippen molar-refractivity contribution in [1.29, 1.82) is 5.41 Å². The van der Waals surface area contributed by atoms with Gasteiger partial charge in [-0.15, -0.1) is 0 Å². The van der Waals surface area contributed by atoms with Gasteiger partial charge in [-0.25, -0.2) is 8.42 Å². The van der Waals surface area contributed by atoms with E-state index >= 15 is 0 Å². The van der Waals surface area contributed by atoms with Crippen molar-refractivity contribution in [2.24, 2.45) is 0 Å². The van der Waals surface area contributed by atoms with Crippen molar-refractivity contribution < 1.29 is 21.9 Å². The lowest BCUT2D eigenvalue weighted by Gasteiger charge is -2.42. The average molecular weight is 464 g/mol. The van der Waals surface area contributed by atoms with Crippen molar-refractivity contribution in [2.75, 3.05) is 11.3 Å². The Bertz CT molecular complexity index is 1120. The predicted octanol–water partition coefficient (Wildman–Crippen LogP) is 4.67. The maximum absolute atomic E-state index is 13.0. The number of benzene rings is 2. The molecule has 0 radical (unpaired) electrons. The van der Waals surface area contributed by atoms with Crippen molar-refractivity contribution in [2.45, 2.75) is 62.7 Å². The number of hydrogen-bond donors (Lipinski definition) is 2. The monoisotopic (exact) mass is 463 g/mol. The van der Waals surface area contributed by atoms with Gasteiger partial charge in [0, 0.05) is 17.6 Å². The zero-order valence-electron chi connectivity index (χ0n) is 18.1. The molecule has 1 aliphatic carbocycles. The molecule has 1 spiro atoms. The lowest BCUT2D eigenvalue weighted by Crippen LogP contribution is -2.50. The number of piperidine rings is 1. The van der Waals surface area contributed by atoms with Crippen LogP contribution in [0.15, 0.2) is 47.4 Å². The number of alkyl halides is 2. The molecule has 2 aliphatic rings. The van der Waals surface area contributed by atoms with E-state index in [0.717, 1.165) is 24.0 Å². The molecule has 1 heterocycles. The summed E-state index contributed by atoms with van der Waals surface area (Å²) in [5, 5.41) is 8.95. The molecule has 2 aromatic rings. The summed E-state index contributed by atoms with van der Waals surface area (Å²) in [6, 6.07) is 11.8. The van der Waals surface area contributed by atoms with Gasteiger partial charge in [-0.2, -0.15) is 8.78 Å². The number of sulfonamides is 1. The minimum Gasteiger partial charge on any atom is -0.351 e. The first-order chi connectivity index (χ1) is 15.1. The molecule has 0 bridgehead atoms. The van der Waals surface area contributed by atoms with Crippen molar-refractivity contribution in [3.63, 3.8) is 0 Å². The number of halogens is 2. The molecular weight excluding hydrogens is 436 g/mol. The zero-order chi connectivity index (χ0) is 23.1. The number of likely N-dealkylation sites (tertiary alicyclic amines) is 1. The molecule has 32 heavy (non-hydrogen) atoms. The van der Waals surface area contributed by atoms with Gasteiger partial charge in [0.05, 0.1) is 16.7 Å². The van der Waals surface area contributed by atoms with E-state index in [1.54, 1.807) is 36.4 Å². The number of aryl methyl sites for hydroxylation is 2. The molecule has 1 saturated carbocycles. The van der Waals surface area contributed by atoms with Crippen molar-refractivity contribution in [1.82, 2.24) is 4.90 Å². The van der Waals surface area contributed by atoms with Crippen LogP contribution in [0.5, 0.6) is 0 Å². The molecule has 0 aromatic heterocycles. The van der Waals surface area contributed by atoms with Gasteiger partial charge in [-0.1, -0.05) is 29.8 Å². The first kappa shape index (κ1) is 22.7. The molecule has 1 aliphatic heterocycles. The molecule has 2 aromatic carbocycles. The van der Waals surface area contributed by atoms with Crippen LogP contribution in [0.4, 0.5) is 14.5 Å². The van der Waals surface area contributed by atoms with Crippen LogP contribution in [0.3, 0.4) is 0 Å². The van der Waals surface area contributed by atoms with Crippen LogP contribution < -0.4 is 4.72 Å². The smallest absolute Gasteiger partial charge is 0.345 e. The Labute approximate surface area is 187 Å². The Kier molecular flexibility index (Phi) is 5.98. The van der Waals surface area contributed by atoms with Crippen LogP contribution in [-0.4, -0.2) is 44.0 Å². The summed E-state index contributed by atoms with van der Waals surface area (Å²) >= 11 is 0. The summed E-state index contributed by atoms with van der Waals surface area (Å²) in [6.07, 6.45) is 1.91. The van der Waals surface area contributed by atoms with Gasteiger partial charge in [0.25, 0.3) is 10.0 Å². The second-order valence-corrected chi connectivity index (χ2v) is 10.3. The van der Waals surface area contributed by atoms with Gasteiger partial charge >= 0.3 is 6.61 Å². The molecule has 4 rings (SSSR count). The third-order valence-corrected chi connectivity index (χ3v) is 7.71. The molecule has 6 nitrogen and oxygen atoms in total. The number of hydrogen-bond acceptors (Lipinski definition) is 4. The van der Waals surface area contributed by atoms with Crippen LogP contribution in [0.1, 0.15) is 42.4 Å². The summed E-state index contributed by atoms with van der Waals surface area (Å²) < 4.78 is 58.7. The Morgan fingerprint density at radius 3 is 2.50 bits per heavy atom. The Morgan fingerprint density at radius 1 is 1.19 bits per heavy atom. The summed E-state index contributed by atoms with van der Waals surface area (Å²) in [4.78, 5) is 2.08. The lowest BCUT2D eigenvalue weighted by atomic mass is 9.94. The number of nitrogens with zero attached hydrogens (tertiary/aromatic N) is 1. The fourth-order valence-electron chi connectivity index (χ4n) is 4.50. The summed E-state index contributed by atoms with van der Waals surface area (Å²) in [5.41, 5.74) is 2.18. The molecule has 1 atom stereocenters. The quantitative estimate of drug-likeness (QED) is 0.482. The van der Waals surface area contributed by atoms with E-state index in [4.69, 9.17) is 10.1 Å². The molecule has 0 amide bonds. The first-order valence-electron chi connectivity index (χ1n) is 10.6. The number of amidine groups is 1. The molecule has 2 N–H and O–H groups in total. The van der Waals surface area contributed by atoms with E-state index < -0.39 is 22.7 Å². The van der Waals surface area contributed by atoms with E-state index in [1.165, 1.54) is 0 Å². The molecule has 1 saturated heterocycles. The van der Waals surface area contributed by atoms with E-state index in [-0.39, 0.29) is 16.3 Å². The van der Waals surface area contributed by atoms with Gasteiger partial charge in [0.15, 0.2) is 0 Å². The topological polar surface area (TPSA) is 82.5 Å². The van der Waals surface area contributed by atoms with Gasteiger partial charge < -0.3 is 9.64 Å². The lowest BCUT2D eigenvalue weighted by molar-refractivity contribution is -0.176. The fourth-order valence-corrected chi connectivity index (χ4v) is 5.57. The van der Waals surface area contributed by atoms with Crippen LogP contribution in [0, 0.1) is 19.3 Å². The van der Waals surface area contributed by atoms with Gasteiger partial charge in [-0.3, -0.25) is 10.1 Å². The highest BCUT2D eigenvalue weighted by atomic mass is 32.2. The van der Waals surface area contributed by atoms with E-state index in [9.17, 15) is 17.2 Å². The summed E-state index contributed by atoms with van der Waals surface area (Å²) in [7, 11) is -3.84. The second kappa shape index (κ2) is 8.44. The Hall–Kier alpha value is -2.52. The maximum atomic E-state index is 13.0. The number of anilines is 1. The van der Waals surface area contributed by atoms with Crippen molar-refractivity contribution in [3.8, 4) is 0 Å². The van der Waals surface area contributed by atoms with Crippen molar-refractivity contribution >= 4 is 21.5 Å². The second-order valence-electron chi connectivity index (χ2n) is 8.65. The number of ether oxygens (including phenoxy) is 1. The molecule has 172 valence electrons. The van der Waals surface area contributed by atoms with Crippen molar-refractivity contribution in [3.05, 3.63) is 59.2 Å². The maximum Gasteiger partial charge on any atom is 0.345 e. The van der Waals surface area contributed by atoms with Crippen LogP contribution >= 0.6 is 0 Å². The summed E-state index contributed by atoms with van der Waals surface area (Å²) in [5.74, 6) is 0.206. The highest BCUT2D eigenvalue weighted by molar-refractivity contribution is 7.92. The minimum atomic E-state index is -3.84. The SMILES string of the molecule is Cc1ccc(S(=O)(=O)Nc2cccc(C)c2C(=N)N2CCC(OC(F)F)CC23CC3)cc1. The van der Waals surface area contributed by atoms with Crippen LogP contribution in [0.25, 0.3) is 0 Å². The van der Waals surface area contributed by atoms with Gasteiger partial charge in [-0.05, 0) is 63.3 Å². The molecule has 2 fully saturated rings. The number of nitrogens with one attached hydrogen (secondary N) is 2. The largest absolute Gasteiger partial charge is 0.351 e. The van der Waals surface area contributed by atoms with Gasteiger partial charge in [0.1, 0.15) is 5.84 Å². The van der Waals surface area contributed by atoms with E-state index in [0.29, 0.717) is 30.6 Å². The normalized spacial score (nSPS) is 19.9. The predicted molar refractivity (Wildman–Crippen MR) is 119 cm³/mol. The van der Waals surface area contributed by atoms with Crippen LogP contribution in [-0.2, 0) is 14.8 Å². The third kappa shape index (κ3) is 4.49. The Balaban J connectivity index is 1.61. The average Bonchev–Trinajstić information content (AvgIpc) is 3.46. The molecular formula is C23H27F2N3O3S. The first-order valence-corrected chi connectivity index (χ1v) is 12.1. The van der Waals surface area contributed by atoms with Gasteiger partial charge in [0.2, 0.25) is 0 Å². The Morgan fingerprint density at radius 2 is 1.88 bits per heavy atom. The van der Waals surface area contributed by atoms with E-state index in [2.05, 4.69) is 4.72 Å².